The Morgan fingerprint density at radius 3 is 2.78 bits per heavy atom. The van der Waals surface area contributed by atoms with Crippen molar-refractivity contribution in [2.24, 2.45) is 0 Å². The van der Waals surface area contributed by atoms with Gasteiger partial charge in [-0.05, 0) is 0 Å². The summed E-state index contributed by atoms with van der Waals surface area (Å²) in [6.07, 6.45) is -1.76. The van der Waals surface area contributed by atoms with Crippen LogP contribution >= 0.6 is 11.6 Å². The molecule has 7 nitrogen and oxygen atoms in total. The molecule has 3 N–H and O–H groups in total. The zero-order valence-electron chi connectivity index (χ0n) is 9.12. The molecular formula is C10H11ClN2O5. The normalized spacial score (nSPS) is 29.9. The maximum atomic E-state index is 11.6. The molecular weight excluding hydrogens is 264 g/mol. The van der Waals surface area contributed by atoms with Gasteiger partial charge in [-0.1, -0.05) is 11.6 Å². The van der Waals surface area contributed by atoms with Gasteiger partial charge in [0.15, 0.2) is 6.23 Å². The second kappa shape index (κ2) is 5.07. The summed E-state index contributed by atoms with van der Waals surface area (Å²) in [5, 5.41) is 19.0. The highest BCUT2D eigenvalue weighted by atomic mass is 35.5. The Labute approximate surface area is 106 Å². The van der Waals surface area contributed by atoms with Crippen LogP contribution in [0.1, 0.15) is 6.23 Å². The highest BCUT2D eigenvalue weighted by Crippen LogP contribution is 2.32. The summed E-state index contributed by atoms with van der Waals surface area (Å²) >= 11 is 5.54. The summed E-state index contributed by atoms with van der Waals surface area (Å²) in [6, 6.07) is 1.13. The Hall–Kier alpha value is -1.41. The highest BCUT2D eigenvalue weighted by molar-refractivity contribution is 6.25. The van der Waals surface area contributed by atoms with Crippen LogP contribution in [0.4, 0.5) is 0 Å². The number of hydrogen-bond acceptors (Lipinski definition) is 5. The predicted octanol–water partition coefficient (Wildman–Crippen LogP) is -1.09. The van der Waals surface area contributed by atoms with Crippen molar-refractivity contribution in [3.8, 4) is 0 Å². The molecule has 1 aromatic heterocycles. The summed E-state index contributed by atoms with van der Waals surface area (Å²) in [7, 11) is 0. The number of nitrogens with zero attached hydrogens (tertiary/aromatic N) is 1. The third kappa shape index (κ3) is 2.13. The molecule has 2 rings (SSSR count). The topological polar surface area (TPSA) is 105 Å². The van der Waals surface area contributed by atoms with Gasteiger partial charge in [0.25, 0.3) is 5.56 Å². The van der Waals surface area contributed by atoms with Crippen molar-refractivity contribution < 1.29 is 14.9 Å². The van der Waals surface area contributed by atoms with E-state index in [1.165, 1.54) is 6.20 Å². The number of aliphatic hydroxyl groups is 2. The molecule has 98 valence electrons. The monoisotopic (exact) mass is 274 g/mol. The van der Waals surface area contributed by atoms with Crippen LogP contribution in [0.2, 0.25) is 0 Å². The molecule has 0 radical (unpaired) electrons. The van der Waals surface area contributed by atoms with Gasteiger partial charge >= 0.3 is 5.69 Å². The minimum absolute atomic E-state index is 0.280. The van der Waals surface area contributed by atoms with E-state index in [-0.39, 0.29) is 12.2 Å². The van der Waals surface area contributed by atoms with E-state index in [1.807, 2.05) is 4.98 Å². The largest absolute Gasteiger partial charge is 0.393 e. The first-order valence-electron chi connectivity index (χ1n) is 5.14. The van der Waals surface area contributed by atoms with Crippen LogP contribution in [-0.2, 0) is 4.74 Å². The Kier molecular flexibility index (Phi) is 3.67. The van der Waals surface area contributed by atoms with Crippen LogP contribution in [0.5, 0.6) is 0 Å². The van der Waals surface area contributed by atoms with Gasteiger partial charge in [-0.15, -0.1) is 0 Å². The van der Waals surface area contributed by atoms with Crippen molar-refractivity contribution in [2.75, 3.05) is 6.61 Å². The van der Waals surface area contributed by atoms with Crippen molar-refractivity contribution in [1.29, 1.82) is 0 Å². The lowest BCUT2D eigenvalue weighted by atomic mass is 10.1. The maximum absolute atomic E-state index is 11.6. The van der Waals surface area contributed by atoms with Gasteiger partial charge in [0.2, 0.25) is 0 Å². The number of aliphatic hydroxyl groups excluding tert-OH is 2. The molecule has 0 aliphatic carbocycles. The fourth-order valence-corrected chi connectivity index (χ4v) is 2.07. The minimum atomic E-state index is -1.16. The Morgan fingerprint density at radius 2 is 2.28 bits per heavy atom. The average molecular weight is 275 g/mol. The molecule has 0 spiro atoms. The number of halogens is 1. The lowest BCUT2D eigenvalue weighted by molar-refractivity contribution is -0.0527. The second-order valence-corrected chi connectivity index (χ2v) is 3.99. The third-order valence-electron chi connectivity index (χ3n) is 2.70. The van der Waals surface area contributed by atoms with Crippen LogP contribution in [0.25, 0.3) is 0 Å². The van der Waals surface area contributed by atoms with Gasteiger partial charge in [0.1, 0.15) is 12.2 Å². The van der Waals surface area contributed by atoms with Crippen LogP contribution < -0.4 is 11.2 Å². The maximum Gasteiger partial charge on any atom is 0.330 e. The number of rotatable bonds is 2. The van der Waals surface area contributed by atoms with Crippen LogP contribution in [0.3, 0.4) is 0 Å². The molecule has 2 heterocycles. The van der Waals surface area contributed by atoms with Gasteiger partial charge in [0, 0.05) is 23.4 Å². The fraction of sp³-hybridized carbons (Fsp3) is 0.400. The standard InChI is InChI=1S/C10H11ClN2O5/c11-3-5-6(4-14)18-9(8(5)16)13-2-1-7(15)12-10(13)17/h1-3,6,8-9,14,16H,4H2,(H,12,15,17)/b5-3-/t6-,8-,9-/m1/s1. The first-order valence-corrected chi connectivity index (χ1v) is 5.58. The van der Waals surface area contributed by atoms with E-state index < -0.39 is 29.7 Å². The lowest BCUT2D eigenvalue weighted by Gasteiger charge is -2.16. The van der Waals surface area contributed by atoms with Gasteiger partial charge in [-0.25, -0.2) is 4.79 Å². The van der Waals surface area contributed by atoms with Crippen molar-refractivity contribution in [1.82, 2.24) is 9.55 Å². The average Bonchev–Trinajstić information content (AvgIpc) is 2.66. The van der Waals surface area contributed by atoms with Gasteiger partial charge in [-0.3, -0.25) is 14.3 Å². The van der Waals surface area contributed by atoms with Crippen LogP contribution in [-0.4, -0.2) is 38.6 Å². The number of hydrogen-bond donors (Lipinski definition) is 3. The zero-order chi connectivity index (χ0) is 13.3. The number of H-pyrrole nitrogens is 1. The summed E-state index contributed by atoms with van der Waals surface area (Å²) in [5.41, 5.74) is 0.138. The van der Waals surface area contributed by atoms with E-state index >= 15 is 0 Å². The van der Waals surface area contributed by atoms with Gasteiger partial charge < -0.3 is 14.9 Å². The number of aromatic nitrogens is 2. The lowest BCUT2D eigenvalue weighted by Crippen LogP contribution is -2.35. The van der Waals surface area contributed by atoms with E-state index in [0.29, 0.717) is 0 Å². The second-order valence-electron chi connectivity index (χ2n) is 3.77. The van der Waals surface area contributed by atoms with E-state index in [9.17, 15) is 14.7 Å². The summed E-state index contributed by atoms with van der Waals surface area (Å²) in [5.74, 6) is 0. The minimum Gasteiger partial charge on any atom is -0.393 e. The molecule has 0 aromatic carbocycles. The Balaban J connectivity index is 2.41. The number of ether oxygens (including phenoxy) is 1. The summed E-state index contributed by atoms with van der Waals surface area (Å²) < 4.78 is 6.35. The molecule has 0 amide bonds. The van der Waals surface area contributed by atoms with E-state index in [1.54, 1.807) is 0 Å². The predicted molar refractivity (Wildman–Crippen MR) is 62.3 cm³/mol. The summed E-state index contributed by atoms with van der Waals surface area (Å²) in [6.45, 7) is -0.371. The van der Waals surface area contributed by atoms with E-state index in [4.69, 9.17) is 21.4 Å². The van der Waals surface area contributed by atoms with Crippen LogP contribution in [0, 0.1) is 0 Å². The van der Waals surface area contributed by atoms with Gasteiger partial charge in [0.05, 0.1) is 6.61 Å². The smallest absolute Gasteiger partial charge is 0.330 e. The number of nitrogens with one attached hydrogen (secondary N) is 1. The van der Waals surface area contributed by atoms with Crippen LogP contribution in [0.15, 0.2) is 33.0 Å². The van der Waals surface area contributed by atoms with E-state index in [2.05, 4.69) is 0 Å². The first-order chi connectivity index (χ1) is 8.58. The molecule has 1 fully saturated rings. The Bertz CT molecular complexity index is 578. The first kappa shape index (κ1) is 13.0. The molecule has 1 aliphatic rings. The van der Waals surface area contributed by atoms with Crippen molar-refractivity contribution in [3.63, 3.8) is 0 Å². The highest BCUT2D eigenvalue weighted by Gasteiger charge is 2.39. The molecule has 1 saturated heterocycles. The SMILES string of the molecule is O=c1ccn([C@@H]2O[C@H](CO)/C(=C/Cl)[C@H]2O)c(=O)[nH]1. The molecule has 0 unspecified atom stereocenters. The molecule has 8 heteroatoms. The van der Waals surface area contributed by atoms with Crippen molar-refractivity contribution in [3.05, 3.63) is 44.2 Å². The third-order valence-corrected chi connectivity index (χ3v) is 2.96. The van der Waals surface area contributed by atoms with Crippen molar-refractivity contribution >= 4 is 11.6 Å². The molecule has 1 aromatic rings. The molecule has 3 atom stereocenters. The van der Waals surface area contributed by atoms with Crippen molar-refractivity contribution in [2.45, 2.75) is 18.4 Å². The zero-order valence-corrected chi connectivity index (χ0v) is 9.87. The quantitative estimate of drug-likeness (QED) is 0.636. The summed E-state index contributed by atoms with van der Waals surface area (Å²) in [4.78, 5) is 24.5. The Morgan fingerprint density at radius 1 is 1.56 bits per heavy atom. The molecule has 0 bridgehead atoms. The molecule has 0 saturated carbocycles. The molecule has 1 aliphatic heterocycles. The number of aromatic amines is 1. The van der Waals surface area contributed by atoms with Gasteiger partial charge in [-0.2, -0.15) is 0 Å². The fourth-order valence-electron chi connectivity index (χ4n) is 1.81. The van der Waals surface area contributed by atoms with E-state index in [0.717, 1.165) is 16.2 Å². The molecule has 18 heavy (non-hydrogen) atoms.